The fraction of sp³-hybridized carbons (Fsp3) is 0.514. The van der Waals surface area contributed by atoms with Gasteiger partial charge in [0, 0.05) is 88.2 Å². The van der Waals surface area contributed by atoms with E-state index in [9.17, 15) is 14.7 Å². The molecule has 0 spiro atoms. The number of benzene rings is 2. The first kappa shape index (κ1) is 35.1. The number of nitrogens with zero attached hydrogens (tertiary/aromatic N) is 6. The number of nitrogens with two attached hydrogens (primary N) is 1. The zero-order valence-corrected chi connectivity index (χ0v) is 29.4. The third-order valence-electron chi connectivity index (χ3n) is 9.56. The first-order chi connectivity index (χ1) is 24.0. The Bertz CT molecular complexity index is 1630. The molecule has 3 aliphatic rings. The number of amides is 2. The van der Waals surface area contributed by atoms with Crippen LogP contribution in [0.3, 0.4) is 0 Å². The monoisotopic (exact) mass is 686 g/mol. The number of anilines is 3. The van der Waals surface area contributed by atoms with E-state index in [4.69, 9.17) is 15.2 Å². The molecule has 1 aromatic heterocycles. The summed E-state index contributed by atoms with van der Waals surface area (Å²) in [6.07, 6.45) is 2.72. The summed E-state index contributed by atoms with van der Waals surface area (Å²) in [5.41, 5.74) is 9.05. The Morgan fingerprint density at radius 3 is 2.44 bits per heavy atom. The highest BCUT2D eigenvalue weighted by atomic mass is 16.6. The topological polar surface area (TPSA) is 150 Å². The number of hydrogen-bond acceptors (Lipinski definition) is 11. The lowest BCUT2D eigenvalue weighted by atomic mass is 10.1. The lowest BCUT2D eigenvalue weighted by molar-refractivity contribution is -0.133. The maximum atomic E-state index is 12.7. The number of para-hydroxylation sites is 1. The van der Waals surface area contributed by atoms with Gasteiger partial charge in [0.1, 0.15) is 23.7 Å². The van der Waals surface area contributed by atoms with Crippen LogP contribution >= 0.6 is 0 Å². The fourth-order valence-electron chi connectivity index (χ4n) is 7.14. The van der Waals surface area contributed by atoms with E-state index >= 15 is 0 Å². The van der Waals surface area contributed by atoms with E-state index in [0.29, 0.717) is 68.2 Å². The van der Waals surface area contributed by atoms with E-state index in [-0.39, 0.29) is 11.7 Å². The number of phenolic OH excluding ortho intramolecular Hbond substituents is 1. The Balaban J connectivity index is 0.949. The zero-order chi connectivity index (χ0) is 35.3. The van der Waals surface area contributed by atoms with Crippen molar-refractivity contribution in [1.29, 1.82) is 0 Å². The number of rotatable bonds is 11. The molecule has 0 saturated carbocycles. The highest BCUT2D eigenvalue weighted by Crippen LogP contribution is 2.39. The Hall–Kier alpha value is -4.78. The molecule has 6 rings (SSSR count). The van der Waals surface area contributed by atoms with E-state index in [1.807, 2.05) is 49.9 Å². The number of hydrogen-bond donors (Lipinski definition) is 3. The second-order valence-electron chi connectivity index (χ2n) is 14.3. The summed E-state index contributed by atoms with van der Waals surface area (Å²) in [4.78, 5) is 33.6. The lowest BCUT2D eigenvalue weighted by Gasteiger charge is -2.43. The predicted octanol–water partition coefficient (Wildman–Crippen LogP) is 4.12. The minimum atomic E-state index is -0.538. The van der Waals surface area contributed by atoms with Gasteiger partial charge in [-0.1, -0.05) is 18.2 Å². The normalized spacial score (nSPS) is 19.4. The molecular weight excluding hydrogens is 636 g/mol. The van der Waals surface area contributed by atoms with Crippen LogP contribution in [-0.4, -0.2) is 114 Å². The number of nitrogen functional groups attached to an aromatic ring is 1. The van der Waals surface area contributed by atoms with Crippen LogP contribution in [0.25, 0.3) is 11.3 Å². The minimum Gasteiger partial charge on any atom is -0.507 e. The second kappa shape index (κ2) is 15.4. The first-order valence-electron chi connectivity index (χ1n) is 17.7. The number of piperazine rings is 2. The van der Waals surface area contributed by atoms with E-state index in [1.54, 1.807) is 12.1 Å². The molecule has 268 valence electrons. The third kappa shape index (κ3) is 8.68. The Morgan fingerprint density at radius 1 is 0.980 bits per heavy atom. The summed E-state index contributed by atoms with van der Waals surface area (Å²) >= 11 is 0. The van der Waals surface area contributed by atoms with Crippen molar-refractivity contribution in [3.63, 3.8) is 0 Å². The van der Waals surface area contributed by atoms with Crippen LogP contribution in [0.4, 0.5) is 22.0 Å². The molecule has 2 atom stereocenters. The summed E-state index contributed by atoms with van der Waals surface area (Å²) in [6.45, 7) is 11.9. The van der Waals surface area contributed by atoms with E-state index in [0.717, 1.165) is 57.0 Å². The molecular formula is C37H50N8O5. The van der Waals surface area contributed by atoms with Gasteiger partial charge in [0.2, 0.25) is 5.91 Å². The molecule has 13 heteroatoms. The number of aromatic hydroxyl groups is 1. The van der Waals surface area contributed by atoms with Gasteiger partial charge in [-0.15, -0.1) is 10.2 Å². The van der Waals surface area contributed by atoms with Gasteiger partial charge in [0.15, 0.2) is 5.82 Å². The van der Waals surface area contributed by atoms with Crippen LogP contribution in [0.5, 0.6) is 11.5 Å². The van der Waals surface area contributed by atoms with Crippen molar-refractivity contribution in [3.8, 4) is 22.8 Å². The van der Waals surface area contributed by atoms with Crippen molar-refractivity contribution < 1.29 is 24.2 Å². The van der Waals surface area contributed by atoms with Crippen molar-refractivity contribution in [3.05, 3.63) is 54.6 Å². The number of ether oxygens (including phenoxy) is 2. The second-order valence-corrected chi connectivity index (χ2v) is 14.3. The molecule has 2 aromatic carbocycles. The lowest BCUT2D eigenvalue weighted by Crippen LogP contribution is -2.54. The van der Waals surface area contributed by atoms with Crippen LogP contribution in [-0.2, 0) is 9.53 Å². The van der Waals surface area contributed by atoms with Crippen LogP contribution in [0.2, 0.25) is 0 Å². The van der Waals surface area contributed by atoms with Gasteiger partial charge in [-0.3, -0.25) is 9.69 Å². The quantitative estimate of drug-likeness (QED) is 0.250. The summed E-state index contributed by atoms with van der Waals surface area (Å²) < 4.78 is 11.5. The Morgan fingerprint density at radius 2 is 1.72 bits per heavy atom. The molecule has 4 heterocycles. The molecule has 13 nitrogen and oxygen atoms in total. The molecule has 3 aromatic rings. The van der Waals surface area contributed by atoms with Crippen LogP contribution in [0.15, 0.2) is 54.6 Å². The molecule has 50 heavy (non-hydrogen) atoms. The standard InChI is InChI=1S/C37H50N8O5/c1-37(2,3)50-36(48)39-15-7-12-34(47)43-18-16-42(17-19-43)20-21-49-29-9-6-8-26(22-29)45-27-13-14-28(45)25-44(24-27)32-23-31(40-41-35(32)38)30-10-4-5-11-33(30)46/h4-6,8-11,22-23,27-28,46H,7,12-21,24-25H2,1-3H3,(H2,38,41)(H,39,48). The average molecular weight is 687 g/mol. The largest absolute Gasteiger partial charge is 0.507 e. The van der Waals surface area contributed by atoms with Crippen molar-refractivity contribution in [2.45, 2.75) is 64.1 Å². The summed E-state index contributed by atoms with van der Waals surface area (Å²) in [7, 11) is 0. The first-order valence-corrected chi connectivity index (χ1v) is 17.7. The average Bonchev–Trinajstić information content (AvgIpc) is 3.35. The van der Waals surface area contributed by atoms with Gasteiger partial charge in [0.05, 0.1) is 11.4 Å². The van der Waals surface area contributed by atoms with Crippen LogP contribution in [0.1, 0.15) is 46.5 Å². The summed E-state index contributed by atoms with van der Waals surface area (Å²) in [5, 5.41) is 21.6. The molecule has 3 saturated heterocycles. The van der Waals surface area contributed by atoms with E-state index < -0.39 is 11.7 Å². The number of fused-ring (bicyclic) bond motifs is 2. The molecule has 2 unspecified atom stereocenters. The predicted molar refractivity (Wildman–Crippen MR) is 193 cm³/mol. The fourth-order valence-corrected chi connectivity index (χ4v) is 7.14. The molecule has 0 radical (unpaired) electrons. The van der Waals surface area contributed by atoms with Gasteiger partial charge in [-0.25, -0.2) is 4.79 Å². The molecule has 4 N–H and O–H groups in total. The van der Waals surface area contributed by atoms with E-state index in [2.05, 4.69) is 48.4 Å². The van der Waals surface area contributed by atoms with Gasteiger partial charge in [-0.05, 0) is 70.4 Å². The number of alkyl carbamates (subject to hydrolysis) is 1. The van der Waals surface area contributed by atoms with Gasteiger partial charge < -0.3 is 40.3 Å². The number of nitrogens with one attached hydrogen (secondary N) is 1. The van der Waals surface area contributed by atoms with Crippen molar-refractivity contribution in [2.24, 2.45) is 0 Å². The van der Waals surface area contributed by atoms with Gasteiger partial charge >= 0.3 is 6.09 Å². The van der Waals surface area contributed by atoms with Gasteiger partial charge in [-0.2, -0.15) is 0 Å². The highest BCUT2D eigenvalue weighted by Gasteiger charge is 2.41. The smallest absolute Gasteiger partial charge is 0.407 e. The Labute approximate surface area is 294 Å². The van der Waals surface area contributed by atoms with Crippen molar-refractivity contribution >= 4 is 29.2 Å². The SMILES string of the molecule is CC(C)(C)OC(=O)NCCCC(=O)N1CCN(CCOc2cccc(N3C4CCC3CN(c3cc(-c5ccccc5O)nnc3N)C4)c2)CC1. The van der Waals surface area contributed by atoms with Crippen LogP contribution in [0, 0.1) is 0 Å². The third-order valence-corrected chi connectivity index (χ3v) is 9.56. The van der Waals surface area contributed by atoms with Crippen molar-refractivity contribution in [2.75, 3.05) is 74.5 Å². The number of carbonyl (C=O) groups is 2. The molecule has 0 aliphatic carbocycles. The van der Waals surface area contributed by atoms with Crippen molar-refractivity contribution in [1.82, 2.24) is 25.3 Å². The number of aromatic nitrogens is 2. The number of carbonyl (C=O) groups excluding carboxylic acids is 2. The molecule has 3 fully saturated rings. The number of phenols is 1. The molecule has 2 amide bonds. The zero-order valence-electron chi connectivity index (χ0n) is 29.4. The maximum absolute atomic E-state index is 12.7. The van der Waals surface area contributed by atoms with Crippen LogP contribution < -0.4 is 25.6 Å². The maximum Gasteiger partial charge on any atom is 0.407 e. The minimum absolute atomic E-state index is 0.122. The molecule has 3 aliphatic heterocycles. The summed E-state index contributed by atoms with van der Waals surface area (Å²) in [6, 6.07) is 18.1. The molecule has 2 bridgehead atoms. The summed E-state index contributed by atoms with van der Waals surface area (Å²) in [5.74, 6) is 1.54. The van der Waals surface area contributed by atoms with E-state index in [1.165, 1.54) is 5.69 Å². The highest BCUT2D eigenvalue weighted by molar-refractivity contribution is 5.76. The van der Waals surface area contributed by atoms with Gasteiger partial charge in [0.25, 0.3) is 0 Å². The Kier molecular flexibility index (Phi) is 10.8.